The minimum Gasteiger partial charge on any atom is -0.467 e. The van der Waals surface area contributed by atoms with Crippen LogP contribution in [-0.2, 0) is 14.3 Å². The topological polar surface area (TPSA) is 58.6 Å². The molecular formula is C18H26N2O3. The lowest BCUT2D eigenvalue weighted by atomic mass is 9.92. The molecule has 1 atom stereocenters. The second-order valence-electron chi connectivity index (χ2n) is 6.13. The molecule has 0 radical (unpaired) electrons. The van der Waals surface area contributed by atoms with Gasteiger partial charge in [-0.3, -0.25) is 4.79 Å². The normalized spacial score (nSPS) is 16.5. The summed E-state index contributed by atoms with van der Waals surface area (Å²) in [5, 5.41) is 2.80. The second-order valence-corrected chi connectivity index (χ2v) is 6.13. The first-order chi connectivity index (χ1) is 11.0. The van der Waals surface area contributed by atoms with Crippen molar-refractivity contribution < 1.29 is 14.3 Å². The van der Waals surface area contributed by atoms with Crippen molar-refractivity contribution in [3.63, 3.8) is 0 Å². The molecule has 5 heteroatoms. The van der Waals surface area contributed by atoms with Gasteiger partial charge in [-0.05, 0) is 38.0 Å². The highest BCUT2D eigenvalue weighted by Crippen LogP contribution is 2.31. The molecule has 1 aliphatic rings. The van der Waals surface area contributed by atoms with Crippen LogP contribution in [0.4, 0.5) is 11.4 Å². The fourth-order valence-electron chi connectivity index (χ4n) is 3.34. The van der Waals surface area contributed by atoms with Crippen molar-refractivity contribution in [2.45, 2.75) is 58.0 Å². The van der Waals surface area contributed by atoms with Crippen LogP contribution in [0.5, 0.6) is 0 Å². The number of amides is 1. The third kappa shape index (κ3) is 4.47. The molecule has 0 aliphatic heterocycles. The number of anilines is 2. The van der Waals surface area contributed by atoms with E-state index in [1.165, 1.54) is 33.3 Å². The summed E-state index contributed by atoms with van der Waals surface area (Å²) in [7, 11) is 1.42. The zero-order valence-corrected chi connectivity index (χ0v) is 14.2. The molecule has 0 heterocycles. The molecular weight excluding hydrogens is 292 g/mol. The number of benzene rings is 1. The average molecular weight is 318 g/mol. The van der Waals surface area contributed by atoms with Crippen LogP contribution in [-0.4, -0.2) is 31.1 Å². The van der Waals surface area contributed by atoms with Gasteiger partial charge in [0.25, 0.3) is 0 Å². The molecule has 23 heavy (non-hydrogen) atoms. The number of esters is 1. The molecule has 1 aliphatic carbocycles. The Kier molecular flexibility index (Phi) is 6.02. The molecule has 0 saturated heterocycles. The largest absolute Gasteiger partial charge is 0.467 e. The van der Waals surface area contributed by atoms with Gasteiger partial charge in [0.05, 0.1) is 7.11 Å². The highest BCUT2D eigenvalue weighted by molar-refractivity contribution is 5.89. The molecule has 1 fully saturated rings. The summed E-state index contributed by atoms with van der Waals surface area (Å²) in [5.74, 6) is -0.340. The first kappa shape index (κ1) is 17.3. The average Bonchev–Trinajstić information content (AvgIpc) is 2.55. The molecule has 1 amide bonds. The van der Waals surface area contributed by atoms with Crippen LogP contribution in [0.15, 0.2) is 24.3 Å². The number of carbonyl (C=O) groups is 2. The summed E-state index contributed by atoms with van der Waals surface area (Å²) in [5.41, 5.74) is 1.69. The Morgan fingerprint density at radius 1 is 1.26 bits per heavy atom. The van der Waals surface area contributed by atoms with E-state index < -0.39 is 0 Å². The first-order valence-corrected chi connectivity index (χ1v) is 8.26. The SMILES string of the molecule is COC(=O)C(C)N(c1cccc(NC(C)=O)c1)C1CCCCC1. The Morgan fingerprint density at radius 3 is 2.57 bits per heavy atom. The second kappa shape index (κ2) is 7.99. The lowest BCUT2D eigenvalue weighted by molar-refractivity contribution is -0.142. The fourth-order valence-corrected chi connectivity index (χ4v) is 3.34. The van der Waals surface area contributed by atoms with Crippen LogP contribution in [0.2, 0.25) is 0 Å². The molecule has 0 bridgehead atoms. The van der Waals surface area contributed by atoms with E-state index in [1.54, 1.807) is 0 Å². The summed E-state index contributed by atoms with van der Waals surface area (Å²) in [6.45, 7) is 3.37. The maximum atomic E-state index is 12.1. The Morgan fingerprint density at radius 2 is 1.96 bits per heavy atom. The van der Waals surface area contributed by atoms with E-state index >= 15 is 0 Å². The summed E-state index contributed by atoms with van der Waals surface area (Å²) in [4.78, 5) is 25.5. The number of rotatable bonds is 5. The van der Waals surface area contributed by atoms with Crippen molar-refractivity contribution in [1.29, 1.82) is 0 Å². The quantitative estimate of drug-likeness (QED) is 0.846. The highest BCUT2D eigenvalue weighted by atomic mass is 16.5. The lowest BCUT2D eigenvalue weighted by Gasteiger charge is -2.39. The van der Waals surface area contributed by atoms with Gasteiger partial charge in [-0.1, -0.05) is 25.3 Å². The molecule has 1 N–H and O–H groups in total. The predicted molar refractivity (Wildman–Crippen MR) is 91.6 cm³/mol. The van der Waals surface area contributed by atoms with Crippen molar-refractivity contribution in [2.75, 3.05) is 17.3 Å². The van der Waals surface area contributed by atoms with E-state index in [0.29, 0.717) is 6.04 Å². The fraction of sp³-hybridized carbons (Fsp3) is 0.556. The Labute approximate surface area is 138 Å². The summed E-state index contributed by atoms with van der Waals surface area (Å²) in [6.07, 6.45) is 5.77. The van der Waals surface area contributed by atoms with Gasteiger partial charge >= 0.3 is 5.97 Å². The number of nitrogens with one attached hydrogen (secondary N) is 1. The minimum absolute atomic E-state index is 0.104. The monoisotopic (exact) mass is 318 g/mol. The molecule has 126 valence electrons. The third-order valence-corrected chi connectivity index (χ3v) is 4.39. The van der Waals surface area contributed by atoms with E-state index in [1.807, 2.05) is 31.2 Å². The van der Waals surface area contributed by atoms with Gasteiger partial charge in [0.1, 0.15) is 6.04 Å². The van der Waals surface area contributed by atoms with Crippen LogP contribution < -0.4 is 10.2 Å². The van der Waals surface area contributed by atoms with E-state index in [9.17, 15) is 9.59 Å². The molecule has 2 rings (SSSR count). The maximum absolute atomic E-state index is 12.1. The smallest absolute Gasteiger partial charge is 0.328 e. The van der Waals surface area contributed by atoms with Crippen molar-refractivity contribution in [1.82, 2.24) is 0 Å². The summed E-state index contributed by atoms with van der Waals surface area (Å²) < 4.78 is 4.95. The number of hydrogen-bond acceptors (Lipinski definition) is 4. The van der Waals surface area contributed by atoms with Crippen molar-refractivity contribution >= 4 is 23.3 Å². The minimum atomic E-state index is -0.351. The van der Waals surface area contributed by atoms with Gasteiger partial charge in [0, 0.05) is 24.3 Å². The predicted octanol–water partition coefficient (Wildman–Crippen LogP) is 3.35. The number of hydrogen-bond donors (Lipinski definition) is 1. The Balaban J connectivity index is 2.31. The molecule has 0 spiro atoms. The number of methoxy groups -OCH3 is 1. The number of carbonyl (C=O) groups excluding carboxylic acids is 2. The van der Waals surface area contributed by atoms with Crippen molar-refractivity contribution in [2.24, 2.45) is 0 Å². The third-order valence-electron chi connectivity index (χ3n) is 4.39. The zero-order chi connectivity index (χ0) is 16.8. The van der Waals surface area contributed by atoms with E-state index in [0.717, 1.165) is 24.2 Å². The summed E-state index contributed by atoms with van der Waals surface area (Å²) >= 11 is 0. The van der Waals surface area contributed by atoms with Gasteiger partial charge < -0.3 is 15.0 Å². The molecule has 1 aromatic rings. The van der Waals surface area contributed by atoms with Crippen LogP contribution in [0, 0.1) is 0 Å². The van der Waals surface area contributed by atoms with Gasteiger partial charge in [0.15, 0.2) is 0 Å². The standard InChI is InChI=1S/C18H26N2O3/c1-13(18(22)23-3)20(16-9-5-4-6-10-16)17-11-7-8-15(12-17)19-14(2)21/h7-8,11-13,16H,4-6,9-10H2,1-3H3,(H,19,21). The number of ether oxygens (including phenoxy) is 1. The molecule has 5 nitrogen and oxygen atoms in total. The summed E-state index contributed by atoms with van der Waals surface area (Å²) in [6, 6.07) is 7.64. The Bertz CT molecular complexity index is 553. The van der Waals surface area contributed by atoms with Crippen LogP contribution in [0.1, 0.15) is 46.0 Å². The van der Waals surface area contributed by atoms with E-state index in [2.05, 4.69) is 10.2 Å². The van der Waals surface area contributed by atoms with E-state index in [4.69, 9.17) is 4.74 Å². The molecule has 1 saturated carbocycles. The molecule has 0 aromatic heterocycles. The van der Waals surface area contributed by atoms with Crippen LogP contribution in [0.3, 0.4) is 0 Å². The zero-order valence-electron chi connectivity index (χ0n) is 14.2. The lowest BCUT2D eigenvalue weighted by Crippen LogP contribution is -2.47. The molecule has 1 aromatic carbocycles. The van der Waals surface area contributed by atoms with Gasteiger partial charge in [-0.25, -0.2) is 4.79 Å². The Hall–Kier alpha value is -2.04. The van der Waals surface area contributed by atoms with Gasteiger partial charge in [-0.2, -0.15) is 0 Å². The van der Waals surface area contributed by atoms with Gasteiger partial charge in [0.2, 0.25) is 5.91 Å². The van der Waals surface area contributed by atoms with Crippen molar-refractivity contribution in [3.05, 3.63) is 24.3 Å². The first-order valence-electron chi connectivity index (χ1n) is 8.26. The van der Waals surface area contributed by atoms with Crippen LogP contribution in [0.25, 0.3) is 0 Å². The highest BCUT2D eigenvalue weighted by Gasteiger charge is 2.30. The maximum Gasteiger partial charge on any atom is 0.328 e. The van der Waals surface area contributed by atoms with Gasteiger partial charge in [-0.15, -0.1) is 0 Å². The number of nitrogens with zero attached hydrogens (tertiary/aromatic N) is 1. The molecule has 1 unspecified atom stereocenters. The van der Waals surface area contributed by atoms with E-state index in [-0.39, 0.29) is 17.9 Å². The van der Waals surface area contributed by atoms with Crippen molar-refractivity contribution in [3.8, 4) is 0 Å². The van der Waals surface area contributed by atoms with Crippen LogP contribution >= 0.6 is 0 Å².